The zero-order valence-electron chi connectivity index (χ0n) is 17.0. The summed E-state index contributed by atoms with van der Waals surface area (Å²) in [5.41, 5.74) is 1.77. The summed E-state index contributed by atoms with van der Waals surface area (Å²) >= 11 is 0. The summed E-state index contributed by atoms with van der Waals surface area (Å²) in [7, 11) is 1.32. The van der Waals surface area contributed by atoms with Crippen LogP contribution in [0.2, 0.25) is 0 Å². The number of carbonyl (C=O) groups is 2. The highest BCUT2D eigenvalue weighted by atomic mass is 16.5. The van der Waals surface area contributed by atoms with Crippen molar-refractivity contribution in [1.82, 2.24) is 9.97 Å². The van der Waals surface area contributed by atoms with Crippen molar-refractivity contribution >= 4 is 23.5 Å². The van der Waals surface area contributed by atoms with Crippen molar-refractivity contribution in [3.05, 3.63) is 41.6 Å². The molecule has 1 amide bonds. The van der Waals surface area contributed by atoms with Gasteiger partial charge in [0.25, 0.3) is 5.91 Å². The number of anilines is 2. The van der Waals surface area contributed by atoms with Crippen LogP contribution in [-0.2, 0) is 9.53 Å². The Balaban J connectivity index is 1.56. The van der Waals surface area contributed by atoms with E-state index in [1.54, 1.807) is 30.3 Å². The summed E-state index contributed by atoms with van der Waals surface area (Å²) in [5, 5.41) is 2.72. The first kappa shape index (κ1) is 20.6. The van der Waals surface area contributed by atoms with E-state index in [4.69, 9.17) is 4.74 Å². The first-order chi connectivity index (χ1) is 13.9. The predicted octanol–water partition coefficient (Wildman–Crippen LogP) is 2.83. The van der Waals surface area contributed by atoms with E-state index in [0.717, 1.165) is 37.5 Å². The van der Waals surface area contributed by atoms with E-state index in [1.165, 1.54) is 7.11 Å². The summed E-state index contributed by atoms with van der Waals surface area (Å²) < 4.78 is 10.2. The minimum Gasteiger partial charge on any atom is -0.467 e. The van der Waals surface area contributed by atoms with Gasteiger partial charge in [0.2, 0.25) is 11.8 Å². The largest absolute Gasteiger partial charge is 0.467 e. The third-order valence-electron chi connectivity index (χ3n) is 4.83. The highest BCUT2D eigenvalue weighted by molar-refractivity contribution is 5.93. The molecule has 0 radical (unpaired) electrons. The van der Waals surface area contributed by atoms with Crippen LogP contribution in [0.4, 0.5) is 11.6 Å². The van der Waals surface area contributed by atoms with Gasteiger partial charge >= 0.3 is 5.97 Å². The molecule has 1 aliphatic rings. The second-order valence-corrected chi connectivity index (χ2v) is 7.22. The van der Waals surface area contributed by atoms with Crippen LogP contribution in [0.15, 0.2) is 30.3 Å². The fourth-order valence-corrected chi connectivity index (χ4v) is 3.09. The molecule has 29 heavy (non-hydrogen) atoms. The third kappa shape index (κ3) is 5.66. The summed E-state index contributed by atoms with van der Waals surface area (Å²) in [6.45, 7) is 5.81. The molecule has 8 nitrogen and oxygen atoms in total. The number of benzene rings is 1. The van der Waals surface area contributed by atoms with E-state index >= 15 is 0 Å². The Morgan fingerprint density at radius 1 is 1.17 bits per heavy atom. The lowest BCUT2D eigenvalue weighted by Gasteiger charge is -2.30. The molecule has 1 N–H and O–H groups in total. The van der Waals surface area contributed by atoms with Crippen LogP contribution in [0.3, 0.4) is 0 Å². The van der Waals surface area contributed by atoms with Gasteiger partial charge in [0.1, 0.15) is 0 Å². The first-order valence-corrected chi connectivity index (χ1v) is 9.66. The van der Waals surface area contributed by atoms with Crippen LogP contribution in [-0.4, -0.2) is 48.7 Å². The number of aromatic nitrogens is 2. The molecular weight excluding hydrogens is 372 g/mol. The fourth-order valence-electron chi connectivity index (χ4n) is 3.09. The van der Waals surface area contributed by atoms with Gasteiger partial charge in [-0.25, -0.2) is 9.78 Å². The van der Waals surface area contributed by atoms with E-state index in [0.29, 0.717) is 23.1 Å². The van der Waals surface area contributed by atoms with Crippen LogP contribution < -0.4 is 15.0 Å². The van der Waals surface area contributed by atoms with Crippen molar-refractivity contribution in [1.29, 1.82) is 0 Å². The molecule has 1 aliphatic heterocycles. The smallest absolute Gasteiger partial charge is 0.337 e. The number of piperidine rings is 1. The molecule has 0 unspecified atom stereocenters. The maximum atomic E-state index is 12.2. The van der Waals surface area contributed by atoms with E-state index in [9.17, 15) is 9.59 Å². The lowest BCUT2D eigenvalue weighted by molar-refractivity contribution is -0.118. The maximum absolute atomic E-state index is 12.2. The SMILES string of the molecule is COC(=O)c1ccc(NC(=O)COc2cc(C)nc(N3CCC(C)CC3)n2)cc1. The van der Waals surface area contributed by atoms with Gasteiger partial charge in [0.05, 0.1) is 12.7 Å². The number of nitrogens with zero attached hydrogens (tertiary/aromatic N) is 3. The molecule has 0 bridgehead atoms. The summed E-state index contributed by atoms with van der Waals surface area (Å²) in [4.78, 5) is 34.8. The Morgan fingerprint density at radius 2 is 1.86 bits per heavy atom. The molecule has 2 aromatic rings. The molecule has 1 aromatic heterocycles. The van der Waals surface area contributed by atoms with E-state index in [1.807, 2.05) is 6.92 Å². The lowest BCUT2D eigenvalue weighted by Crippen LogP contribution is -2.34. The second-order valence-electron chi connectivity index (χ2n) is 7.22. The number of carbonyl (C=O) groups excluding carboxylic acids is 2. The number of methoxy groups -OCH3 is 1. The van der Waals surface area contributed by atoms with Crippen molar-refractivity contribution in [2.45, 2.75) is 26.7 Å². The van der Waals surface area contributed by atoms with Crippen molar-refractivity contribution < 1.29 is 19.1 Å². The maximum Gasteiger partial charge on any atom is 0.337 e. The van der Waals surface area contributed by atoms with Gasteiger partial charge in [0.15, 0.2) is 6.61 Å². The van der Waals surface area contributed by atoms with Crippen LogP contribution in [0, 0.1) is 12.8 Å². The van der Waals surface area contributed by atoms with Gasteiger partial charge in [-0.05, 0) is 49.9 Å². The van der Waals surface area contributed by atoms with E-state index in [2.05, 4.69) is 31.8 Å². The van der Waals surface area contributed by atoms with Crippen LogP contribution >= 0.6 is 0 Å². The van der Waals surface area contributed by atoms with Gasteiger partial charge in [0, 0.05) is 30.5 Å². The van der Waals surface area contributed by atoms with Crippen molar-refractivity contribution in [3.8, 4) is 5.88 Å². The van der Waals surface area contributed by atoms with Crippen LogP contribution in [0.1, 0.15) is 35.8 Å². The zero-order chi connectivity index (χ0) is 20.8. The topological polar surface area (TPSA) is 93.6 Å². The molecule has 1 fully saturated rings. The van der Waals surface area contributed by atoms with Crippen LogP contribution in [0.5, 0.6) is 5.88 Å². The Bertz CT molecular complexity index is 861. The molecule has 1 aromatic carbocycles. The number of nitrogens with one attached hydrogen (secondary N) is 1. The number of rotatable bonds is 6. The highest BCUT2D eigenvalue weighted by Gasteiger charge is 2.19. The highest BCUT2D eigenvalue weighted by Crippen LogP contribution is 2.22. The number of esters is 1. The summed E-state index contributed by atoms with van der Waals surface area (Å²) in [6, 6.07) is 8.15. The molecule has 0 atom stereocenters. The molecule has 8 heteroatoms. The van der Waals surface area contributed by atoms with Gasteiger partial charge < -0.3 is 19.7 Å². The number of aryl methyl sites for hydroxylation is 1. The Morgan fingerprint density at radius 3 is 2.52 bits per heavy atom. The average Bonchev–Trinajstić information content (AvgIpc) is 2.72. The predicted molar refractivity (Wildman–Crippen MR) is 109 cm³/mol. The monoisotopic (exact) mass is 398 g/mol. The van der Waals surface area contributed by atoms with Crippen molar-refractivity contribution in [2.24, 2.45) is 5.92 Å². The minimum absolute atomic E-state index is 0.175. The number of hydrogen-bond donors (Lipinski definition) is 1. The molecular formula is C21H26N4O4. The Kier molecular flexibility index (Phi) is 6.64. The first-order valence-electron chi connectivity index (χ1n) is 9.66. The normalized spacial score (nSPS) is 14.4. The average molecular weight is 398 g/mol. The van der Waals surface area contributed by atoms with E-state index in [-0.39, 0.29) is 12.5 Å². The minimum atomic E-state index is -0.427. The molecule has 0 aliphatic carbocycles. The molecule has 0 spiro atoms. The molecule has 1 saturated heterocycles. The number of ether oxygens (including phenoxy) is 2. The molecule has 2 heterocycles. The second kappa shape index (κ2) is 9.36. The van der Waals surface area contributed by atoms with E-state index < -0.39 is 5.97 Å². The van der Waals surface area contributed by atoms with Gasteiger partial charge in [-0.2, -0.15) is 4.98 Å². The Hall–Kier alpha value is -3.16. The summed E-state index contributed by atoms with van der Waals surface area (Å²) in [6.07, 6.45) is 2.23. The third-order valence-corrected chi connectivity index (χ3v) is 4.83. The molecule has 0 saturated carbocycles. The Labute approximate surface area is 170 Å². The molecule has 3 rings (SSSR count). The zero-order valence-corrected chi connectivity index (χ0v) is 17.0. The number of amides is 1. The standard InChI is InChI=1S/C21H26N4O4/c1-14-8-10-25(11-9-14)21-22-15(2)12-19(24-21)29-13-18(26)23-17-6-4-16(5-7-17)20(27)28-3/h4-7,12,14H,8-11,13H2,1-3H3,(H,23,26). The molecule has 154 valence electrons. The summed E-state index contributed by atoms with van der Waals surface area (Å²) in [5.74, 6) is 0.995. The number of hydrogen-bond acceptors (Lipinski definition) is 7. The van der Waals surface area contributed by atoms with Gasteiger partial charge in [-0.3, -0.25) is 4.79 Å². The van der Waals surface area contributed by atoms with Crippen molar-refractivity contribution in [3.63, 3.8) is 0 Å². The van der Waals surface area contributed by atoms with Gasteiger partial charge in [-0.1, -0.05) is 6.92 Å². The van der Waals surface area contributed by atoms with Gasteiger partial charge in [-0.15, -0.1) is 0 Å². The van der Waals surface area contributed by atoms with Crippen LogP contribution in [0.25, 0.3) is 0 Å². The fraction of sp³-hybridized carbons (Fsp3) is 0.429. The quantitative estimate of drug-likeness (QED) is 0.748. The van der Waals surface area contributed by atoms with Crippen molar-refractivity contribution in [2.75, 3.05) is 37.0 Å². The lowest BCUT2D eigenvalue weighted by atomic mass is 10.00.